The summed E-state index contributed by atoms with van der Waals surface area (Å²) in [4.78, 5) is 27.8. The van der Waals surface area contributed by atoms with Crippen molar-refractivity contribution in [2.75, 3.05) is 10.8 Å². The van der Waals surface area contributed by atoms with E-state index in [1.165, 1.54) is 55.5 Å². The van der Waals surface area contributed by atoms with Gasteiger partial charge in [-0.2, -0.15) is 13.2 Å². The highest BCUT2D eigenvalue weighted by molar-refractivity contribution is 7.92. The Kier molecular flexibility index (Phi) is 10.4. The summed E-state index contributed by atoms with van der Waals surface area (Å²) >= 11 is 0. The van der Waals surface area contributed by atoms with E-state index in [0.717, 1.165) is 28.7 Å². The number of nitrogens with zero attached hydrogens (tertiary/aromatic N) is 2. The van der Waals surface area contributed by atoms with Crippen molar-refractivity contribution in [2.24, 2.45) is 0 Å². The van der Waals surface area contributed by atoms with Crippen LogP contribution >= 0.6 is 0 Å². The second kappa shape index (κ2) is 13.4. The van der Waals surface area contributed by atoms with Gasteiger partial charge in [0.15, 0.2) is 0 Å². The van der Waals surface area contributed by atoms with Gasteiger partial charge in [0.25, 0.3) is 10.0 Å². The smallest absolute Gasteiger partial charge is 0.352 e. The maximum absolute atomic E-state index is 13.9. The van der Waals surface area contributed by atoms with Gasteiger partial charge in [0.2, 0.25) is 11.8 Å². The number of sulfonamides is 1. The van der Waals surface area contributed by atoms with Gasteiger partial charge in [0.05, 0.1) is 16.1 Å². The zero-order valence-corrected chi connectivity index (χ0v) is 24.5. The van der Waals surface area contributed by atoms with Crippen LogP contribution in [-0.2, 0) is 32.3 Å². The molecule has 226 valence electrons. The first-order chi connectivity index (χ1) is 19.6. The van der Waals surface area contributed by atoms with Gasteiger partial charge < -0.3 is 10.2 Å². The van der Waals surface area contributed by atoms with E-state index in [1.54, 1.807) is 13.8 Å². The molecule has 7 nitrogen and oxygen atoms in total. The third-order valence-corrected chi connectivity index (χ3v) is 8.57. The Morgan fingerprint density at radius 1 is 0.952 bits per heavy atom. The summed E-state index contributed by atoms with van der Waals surface area (Å²) in [5.41, 5.74) is -0.263. The number of anilines is 1. The number of amides is 2. The lowest BCUT2D eigenvalue weighted by Gasteiger charge is -2.32. The fourth-order valence-electron chi connectivity index (χ4n) is 4.04. The molecule has 0 aromatic heterocycles. The predicted molar refractivity (Wildman–Crippen MR) is 151 cm³/mol. The molecule has 3 rings (SSSR count). The topological polar surface area (TPSA) is 86.8 Å². The van der Waals surface area contributed by atoms with E-state index < -0.39 is 52.0 Å². The lowest BCUT2D eigenvalue weighted by molar-refractivity contribution is -0.139. The van der Waals surface area contributed by atoms with Crippen LogP contribution in [0.1, 0.15) is 43.9 Å². The van der Waals surface area contributed by atoms with Crippen LogP contribution < -0.4 is 9.62 Å². The number of nitrogens with one attached hydrogen (secondary N) is 1. The standard InChI is InChI=1S/C30H33F4N3O4S/c1-5-21(3)35-29(39)22(4)36(18-23-11-13-25(31)14-12-23)28(38)19-37(26-8-6-7-24(17-26)30(32,33)34)42(40,41)27-15-9-20(2)10-16-27/h6-17,21-22H,5,18-19H2,1-4H3,(H,35,39)/t21-,22-/m0/s1. The fraction of sp³-hybridized carbons (Fsp3) is 0.333. The van der Waals surface area contributed by atoms with Gasteiger partial charge in [-0.1, -0.05) is 42.8 Å². The van der Waals surface area contributed by atoms with Crippen molar-refractivity contribution in [3.63, 3.8) is 0 Å². The Bertz CT molecular complexity index is 1490. The van der Waals surface area contributed by atoms with E-state index in [0.29, 0.717) is 22.4 Å². The second-order valence-corrected chi connectivity index (χ2v) is 11.9. The molecule has 0 aliphatic rings. The summed E-state index contributed by atoms with van der Waals surface area (Å²) in [6, 6.07) is 13.2. The summed E-state index contributed by atoms with van der Waals surface area (Å²) in [5.74, 6) is -1.87. The Labute approximate surface area is 243 Å². The highest BCUT2D eigenvalue weighted by atomic mass is 32.2. The minimum atomic E-state index is -4.77. The molecular formula is C30H33F4N3O4S. The predicted octanol–water partition coefficient (Wildman–Crippen LogP) is 5.68. The quantitative estimate of drug-likeness (QED) is 0.284. The van der Waals surface area contributed by atoms with E-state index in [9.17, 15) is 35.6 Å². The molecule has 2 amide bonds. The number of aryl methyl sites for hydroxylation is 1. The molecule has 0 saturated carbocycles. The maximum Gasteiger partial charge on any atom is 0.416 e. The lowest BCUT2D eigenvalue weighted by Crippen LogP contribution is -2.52. The normalized spacial score (nSPS) is 13.2. The van der Waals surface area contributed by atoms with Crippen LogP contribution in [0.15, 0.2) is 77.7 Å². The summed E-state index contributed by atoms with van der Waals surface area (Å²) < 4.78 is 82.5. The average molecular weight is 608 g/mol. The van der Waals surface area contributed by atoms with E-state index in [-0.39, 0.29) is 23.2 Å². The Hall–Kier alpha value is -3.93. The first kappa shape index (κ1) is 32.6. The molecule has 2 atom stereocenters. The molecule has 0 fully saturated rings. The maximum atomic E-state index is 13.9. The number of hydrogen-bond acceptors (Lipinski definition) is 4. The summed E-state index contributed by atoms with van der Waals surface area (Å²) in [5, 5.41) is 2.78. The third kappa shape index (κ3) is 8.09. The number of carbonyl (C=O) groups is 2. The van der Waals surface area contributed by atoms with Crippen molar-refractivity contribution in [2.45, 2.75) is 63.8 Å². The van der Waals surface area contributed by atoms with Crippen LogP contribution in [0.3, 0.4) is 0 Å². The van der Waals surface area contributed by atoms with Crippen molar-refractivity contribution in [3.05, 3.63) is 95.3 Å². The fourth-order valence-corrected chi connectivity index (χ4v) is 5.44. The zero-order chi connectivity index (χ0) is 31.2. The molecule has 0 radical (unpaired) electrons. The molecule has 0 aliphatic heterocycles. The summed E-state index contributed by atoms with van der Waals surface area (Å²) in [6.07, 6.45) is -4.15. The number of benzene rings is 3. The van der Waals surface area contributed by atoms with E-state index in [2.05, 4.69) is 5.32 Å². The molecule has 0 unspecified atom stereocenters. The summed E-state index contributed by atoms with van der Waals surface area (Å²) in [6.45, 7) is 5.75. The molecule has 12 heteroatoms. The number of hydrogen-bond donors (Lipinski definition) is 1. The lowest BCUT2D eigenvalue weighted by atomic mass is 10.1. The molecular weight excluding hydrogens is 574 g/mol. The number of alkyl halides is 3. The van der Waals surface area contributed by atoms with Crippen LogP contribution in [-0.4, -0.2) is 43.8 Å². The van der Waals surface area contributed by atoms with Gasteiger partial charge in [-0.05, 0) is 75.2 Å². The molecule has 0 bridgehead atoms. The van der Waals surface area contributed by atoms with Crippen molar-refractivity contribution >= 4 is 27.5 Å². The molecule has 0 heterocycles. The Morgan fingerprint density at radius 2 is 1.57 bits per heavy atom. The Balaban J connectivity index is 2.08. The molecule has 3 aromatic carbocycles. The van der Waals surface area contributed by atoms with E-state index >= 15 is 0 Å². The van der Waals surface area contributed by atoms with Gasteiger partial charge in [-0.3, -0.25) is 13.9 Å². The van der Waals surface area contributed by atoms with Crippen LogP contribution in [0.5, 0.6) is 0 Å². The second-order valence-electron chi connectivity index (χ2n) is 10.0. The number of carbonyl (C=O) groups excluding carboxylic acids is 2. The largest absolute Gasteiger partial charge is 0.416 e. The molecule has 42 heavy (non-hydrogen) atoms. The molecule has 3 aromatic rings. The van der Waals surface area contributed by atoms with Crippen LogP contribution in [0, 0.1) is 12.7 Å². The number of halogens is 4. The summed E-state index contributed by atoms with van der Waals surface area (Å²) in [7, 11) is -4.54. The van der Waals surface area contributed by atoms with Crippen molar-refractivity contribution in [1.82, 2.24) is 10.2 Å². The van der Waals surface area contributed by atoms with E-state index in [1.807, 2.05) is 6.92 Å². The van der Waals surface area contributed by atoms with Gasteiger partial charge in [0.1, 0.15) is 18.4 Å². The monoisotopic (exact) mass is 607 g/mol. The van der Waals surface area contributed by atoms with Crippen molar-refractivity contribution in [3.8, 4) is 0 Å². The Morgan fingerprint density at radius 3 is 2.14 bits per heavy atom. The minimum absolute atomic E-state index is 0.185. The van der Waals surface area contributed by atoms with Crippen molar-refractivity contribution in [1.29, 1.82) is 0 Å². The van der Waals surface area contributed by atoms with Gasteiger partial charge in [-0.25, -0.2) is 12.8 Å². The van der Waals surface area contributed by atoms with Crippen LogP contribution in [0.4, 0.5) is 23.2 Å². The van der Waals surface area contributed by atoms with E-state index in [4.69, 9.17) is 0 Å². The molecule has 0 spiro atoms. The van der Waals surface area contributed by atoms with Gasteiger partial charge in [0, 0.05) is 12.6 Å². The first-order valence-electron chi connectivity index (χ1n) is 13.2. The first-order valence-corrected chi connectivity index (χ1v) is 14.7. The third-order valence-electron chi connectivity index (χ3n) is 6.78. The molecule has 1 N–H and O–H groups in total. The molecule has 0 saturated heterocycles. The number of rotatable bonds is 11. The minimum Gasteiger partial charge on any atom is -0.352 e. The molecule has 0 aliphatic carbocycles. The zero-order valence-electron chi connectivity index (χ0n) is 23.7. The highest BCUT2D eigenvalue weighted by Crippen LogP contribution is 2.33. The van der Waals surface area contributed by atoms with Gasteiger partial charge in [-0.15, -0.1) is 0 Å². The highest BCUT2D eigenvalue weighted by Gasteiger charge is 2.35. The van der Waals surface area contributed by atoms with Gasteiger partial charge >= 0.3 is 6.18 Å². The van der Waals surface area contributed by atoms with Crippen molar-refractivity contribution < 1.29 is 35.6 Å². The average Bonchev–Trinajstić information content (AvgIpc) is 2.94. The van der Waals surface area contributed by atoms with Crippen LogP contribution in [0.2, 0.25) is 0 Å². The van der Waals surface area contributed by atoms with Crippen LogP contribution in [0.25, 0.3) is 0 Å². The SMILES string of the molecule is CC[C@H](C)NC(=O)[C@H](C)N(Cc1ccc(F)cc1)C(=O)CN(c1cccc(C(F)(F)F)c1)S(=O)(=O)c1ccc(C)cc1.